The average Bonchev–Trinajstić information content (AvgIpc) is 3.02. The van der Waals surface area contributed by atoms with Crippen molar-refractivity contribution < 1.29 is 37.4 Å². The maximum absolute atomic E-state index is 13.5. The number of hydrogen-bond acceptors (Lipinski definition) is 5. The topological polar surface area (TPSA) is 88.1 Å². The van der Waals surface area contributed by atoms with E-state index in [4.69, 9.17) is 14.7 Å². The van der Waals surface area contributed by atoms with Gasteiger partial charge in [0, 0.05) is 30.3 Å². The van der Waals surface area contributed by atoms with E-state index in [1.54, 1.807) is 16.4 Å². The maximum atomic E-state index is 13.5. The Morgan fingerprint density at radius 1 is 1.06 bits per heavy atom. The number of benzene rings is 2. The molecular weight excluding hydrogens is 441 g/mol. The lowest BCUT2D eigenvalue weighted by Gasteiger charge is -2.34. The van der Waals surface area contributed by atoms with Crippen LogP contribution in [0, 0.1) is 5.92 Å². The standard InChI is InChI=1S/C23H23F3N2O5/c24-23(25,26)18-5-3-14(4-6-18)19-13-33-20-11-16(21(29)27-31)1-2-17(20)12-28(19)22(30)15-7-9-32-10-8-15/h1-6,11,15,19,31H,7-10,12-13H2,(H,27,29). The van der Waals surface area contributed by atoms with E-state index in [1.807, 2.05) is 0 Å². The van der Waals surface area contributed by atoms with Crippen molar-refractivity contribution in [3.8, 4) is 5.75 Å². The molecule has 2 aromatic carbocycles. The van der Waals surface area contributed by atoms with Crippen molar-refractivity contribution in [3.05, 3.63) is 64.7 Å². The first-order valence-corrected chi connectivity index (χ1v) is 10.5. The zero-order chi connectivity index (χ0) is 23.6. The molecule has 176 valence electrons. The van der Waals surface area contributed by atoms with Crippen molar-refractivity contribution >= 4 is 11.8 Å². The Hall–Kier alpha value is -3.11. The van der Waals surface area contributed by atoms with E-state index in [0.717, 1.165) is 12.1 Å². The normalized spacial score (nSPS) is 19.3. The molecule has 33 heavy (non-hydrogen) atoms. The first kappa shape index (κ1) is 23.1. The summed E-state index contributed by atoms with van der Waals surface area (Å²) in [5.74, 6) is -0.705. The number of ether oxygens (including phenoxy) is 2. The number of fused-ring (bicyclic) bond motifs is 1. The van der Waals surface area contributed by atoms with E-state index in [1.165, 1.54) is 24.3 Å². The predicted octanol–water partition coefficient (Wildman–Crippen LogP) is 3.71. The van der Waals surface area contributed by atoms with Crippen molar-refractivity contribution in [3.63, 3.8) is 0 Å². The second-order valence-corrected chi connectivity index (χ2v) is 8.06. The predicted molar refractivity (Wildman–Crippen MR) is 109 cm³/mol. The average molecular weight is 464 g/mol. The summed E-state index contributed by atoms with van der Waals surface area (Å²) < 4.78 is 50.4. The summed E-state index contributed by atoms with van der Waals surface area (Å²) in [7, 11) is 0. The third kappa shape index (κ3) is 4.96. The molecular formula is C23H23F3N2O5. The second kappa shape index (κ2) is 9.40. The van der Waals surface area contributed by atoms with Gasteiger partial charge in [-0.25, -0.2) is 5.48 Å². The van der Waals surface area contributed by atoms with E-state index in [9.17, 15) is 22.8 Å². The van der Waals surface area contributed by atoms with Crippen LogP contribution in [0.5, 0.6) is 5.75 Å². The zero-order valence-electron chi connectivity index (χ0n) is 17.6. The minimum atomic E-state index is -4.46. The molecule has 2 aromatic rings. The highest BCUT2D eigenvalue weighted by atomic mass is 19.4. The van der Waals surface area contributed by atoms with Crippen LogP contribution in [0.25, 0.3) is 0 Å². The molecule has 2 amide bonds. The van der Waals surface area contributed by atoms with Gasteiger partial charge in [-0.1, -0.05) is 18.2 Å². The van der Waals surface area contributed by atoms with Gasteiger partial charge in [0.25, 0.3) is 5.91 Å². The molecule has 1 saturated heterocycles. The molecule has 0 saturated carbocycles. The van der Waals surface area contributed by atoms with E-state index in [2.05, 4.69) is 0 Å². The molecule has 10 heteroatoms. The summed E-state index contributed by atoms with van der Waals surface area (Å²) in [6, 6.07) is 8.70. The molecule has 2 aliphatic rings. The van der Waals surface area contributed by atoms with Crippen LogP contribution in [0.2, 0.25) is 0 Å². The van der Waals surface area contributed by atoms with Crippen LogP contribution in [0.1, 0.15) is 45.9 Å². The Morgan fingerprint density at radius 3 is 2.39 bits per heavy atom. The summed E-state index contributed by atoms with van der Waals surface area (Å²) in [5, 5.41) is 8.89. The van der Waals surface area contributed by atoms with Gasteiger partial charge in [-0.2, -0.15) is 13.2 Å². The van der Waals surface area contributed by atoms with E-state index in [0.29, 0.717) is 42.9 Å². The van der Waals surface area contributed by atoms with Crippen LogP contribution in [-0.4, -0.2) is 41.7 Å². The fourth-order valence-corrected chi connectivity index (χ4v) is 4.16. The van der Waals surface area contributed by atoms with Gasteiger partial charge in [0.1, 0.15) is 12.4 Å². The Morgan fingerprint density at radius 2 is 1.76 bits per heavy atom. The molecule has 2 heterocycles. The fourth-order valence-electron chi connectivity index (χ4n) is 4.16. The molecule has 4 rings (SSSR count). The van der Waals surface area contributed by atoms with E-state index >= 15 is 0 Å². The summed E-state index contributed by atoms with van der Waals surface area (Å²) in [6.07, 6.45) is -3.33. The molecule has 2 N–H and O–H groups in total. The number of hydrogen-bond donors (Lipinski definition) is 2. The van der Waals surface area contributed by atoms with Gasteiger partial charge in [0.2, 0.25) is 5.91 Å². The number of nitrogens with one attached hydrogen (secondary N) is 1. The highest BCUT2D eigenvalue weighted by molar-refractivity contribution is 5.93. The van der Waals surface area contributed by atoms with Crippen molar-refractivity contribution in [1.82, 2.24) is 10.4 Å². The van der Waals surface area contributed by atoms with Gasteiger partial charge < -0.3 is 14.4 Å². The summed E-state index contributed by atoms with van der Waals surface area (Å²) >= 11 is 0. The minimum absolute atomic E-state index is 0.00246. The molecule has 1 atom stereocenters. The van der Waals surface area contributed by atoms with Crippen molar-refractivity contribution in [2.45, 2.75) is 31.6 Å². The van der Waals surface area contributed by atoms with E-state index < -0.39 is 23.7 Å². The summed E-state index contributed by atoms with van der Waals surface area (Å²) in [5.41, 5.74) is 2.13. The molecule has 7 nitrogen and oxygen atoms in total. The number of halogens is 3. The van der Waals surface area contributed by atoms with Gasteiger partial charge in [-0.05, 0) is 42.7 Å². The van der Waals surface area contributed by atoms with Crippen LogP contribution in [0.4, 0.5) is 13.2 Å². The number of carbonyl (C=O) groups excluding carboxylic acids is 2. The molecule has 0 radical (unpaired) electrons. The monoisotopic (exact) mass is 464 g/mol. The SMILES string of the molecule is O=C(NO)c1ccc2c(c1)OCC(c1ccc(C(F)(F)F)cc1)N(C(=O)C1CCOCC1)C2. The molecule has 2 aliphatic heterocycles. The first-order chi connectivity index (χ1) is 15.8. The number of hydroxylamine groups is 1. The molecule has 0 spiro atoms. The summed E-state index contributed by atoms with van der Waals surface area (Å²) in [6.45, 7) is 1.11. The van der Waals surface area contributed by atoms with Crippen LogP contribution < -0.4 is 10.2 Å². The lowest BCUT2D eigenvalue weighted by molar-refractivity contribution is -0.142. The van der Waals surface area contributed by atoms with Gasteiger partial charge in [-0.15, -0.1) is 0 Å². The molecule has 0 aliphatic carbocycles. The van der Waals surface area contributed by atoms with Gasteiger partial charge >= 0.3 is 6.18 Å². The van der Waals surface area contributed by atoms with Crippen LogP contribution in [0.15, 0.2) is 42.5 Å². The fraction of sp³-hybridized carbons (Fsp3) is 0.391. The van der Waals surface area contributed by atoms with Crippen molar-refractivity contribution in [1.29, 1.82) is 0 Å². The van der Waals surface area contributed by atoms with Gasteiger partial charge in [-0.3, -0.25) is 14.8 Å². The largest absolute Gasteiger partial charge is 0.491 e. The number of amides is 2. The first-order valence-electron chi connectivity index (χ1n) is 10.5. The van der Waals surface area contributed by atoms with Gasteiger partial charge in [0.15, 0.2) is 0 Å². The lowest BCUT2D eigenvalue weighted by atomic mass is 9.95. The molecule has 0 bridgehead atoms. The quantitative estimate of drug-likeness (QED) is 0.534. The third-order valence-corrected chi connectivity index (χ3v) is 6.02. The van der Waals surface area contributed by atoms with E-state index in [-0.39, 0.29) is 30.5 Å². The Kier molecular flexibility index (Phi) is 6.57. The summed E-state index contributed by atoms with van der Waals surface area (Å²) in [4.78, 5) is 26.9. The van der Waals surface area contributed by atoms with Gasteiger partial charge in [0.05, 0.1) is 18.2 Å². The molecule has 1 unspecified atom stereocenters. The zero-order valence-corrected chi connectivity index (χ0v) is 17.6. The number of rotatable bonds is 3. The van der Waals surface area contributed by atoms with Crippen LogP contribution in [0.3, 0.4) is 0 Å². The Balaban J connectivity index is 1.68. The molecule has 1 fully saturated rings. The minimum Gasteiger partial charge on any atom is -0.491 e. The smallest absolute Gasteiger partial charge is 0.416 e. The van der Waals surface area contributed by atoms with Crippen LogP contribution in [-0.2, 0) is 22.3 Å². The number of nitrogens with zero attached hydrogens (tertiary/aromatic N) is 1. The van der Waals surface area contributed by atoms with Crippen LogP contribution >= 0.6 is 0 Å². The number of carbonyl (C=O) groups is 2. The highest BCUT2D eigenvalue weighted by Crippen LogP contribution is 2.36. The third-order valence-electron chi connectivity index (χ3n) is 6.02. The maximum Gasteiger partial charge on any atom is 0.416 e. The second-order valence-electron chi connectivity index (χ2n) is 8.06. The number of alkyl halides is 3. The molecule has 0 aromatic heterocycles. The highest BCUT2D eigenvalue weighted by Gasteiger charge is 2.36. The van der Waals surface area contributed by atoms with Crippen molar-refractivity contribution in [2.75, 3.05) is 19.8 Å². The lowest BCUT2D eigenvalue weighted by Crippen LogP contribution is -2.41. The van der Waals surface area contributed by atoms with Crippen molar-refractivity contribution in [2.24, 2.45) is 5.92 Å². The Labute approximate surface area is 188 Å². The Bertz CT molecular complexity index is 1020.